The van der Waals surface area contributed by atoms with Crippen LogP contribution in [-0.2, 0) is 11.8 Å². The van der Waals surface area contributed by atoms with E-state index in [1.54, 1.807) is 36.9 Å². The highest BCUT2D eigenvalue weighted by atomic mass is 16.2. The number of carbonyl (C=O) groups is 1. The number of amides is 1. The Hall–Kier alpha value is -3.62. The van der Waals surface area contributed by atoms with Crippen LogP contribution in [0.2, 0.25) is 0 Å². The van der Waals surface area contributed by atoms with Crippen molar-refractivity contribution in [3.8, 4) is 0 Å². The van der Waals surface area contributed by atoms with Gasteiger partial charge in [0.25, 0.3) is 0 Å². The highest BCUT2D eigenvalue weighted by Gasteiger charge is 2.32. The number of rotatable bonds is 5. The fraction of sp³-hybridized carbons (Fsp3) is 0.333. The van der Waals surface area contributed by atoms with E-state index in [9.17, 15) is 4.79 Å². The molecule has 4 heterocycles. The molecule has 3 aromatic heterocycles. The number of aryl methyl sites for hydroxylation is 2. The Labute approximate surface area is 174 Å². The highest BCUT2D eigenvalue weighted by Crippen LogP contribution is 2.34. The minimum atomic E-state index is -0.154. The van der Waals surface area contributed by atoms with E-state index in [1.165, 1.54) is 0 Å². The molecule has 1 aliphatic heterocycles. The summed E-state index contributed by atoms with van der Waals surface area (Å²) in [6.45, 7) is 4.61. The Morgan fingerprint density at radius 3 is 2.63 bits per heavy atom. The molecule has 30 heavy (non-hydrogen) atoms. The summed E-state index contributed by atoms with van der Waals surface area (Å²) in [6.07, 6.45) is 11.8. The maximum absolute atomic E-state index is 13.0. The second-order valence-electron chi connectivity index (χ2n) is 7.22. The standard InChI is InChI=1S/C21H24N8O/c1-14-16(15(2)28(3)27-14)7-8-18(30)29-13-4-6-17(29)19-20(23-12-11-22-19)26-21-24-9-5-10-25-21/h5,7-12,17H,4,6,13H2,1-3H3,(H,23,24,25,26)/b8-7+/t17-/m0/s1. The van der Waals surface area contributed by atoms with Crippen LogP contribution in [0.25, 0.3) is 6.08 Å². The Balaban J connectivity index is 1.57. The molecular weight excluding hydrogens is 380 g/mol. The lowest BCUT2D eigenvalue weighted by molar-refractivity contribution is -0.126. The third kappa shape index (κ3) is 3.91. The molecule has 1 amide bonds. The minimum absolute atomic E-state index is 0.0484. The van der Waals surface area contributed by atoms with Crippen LogP contribution in [-0.4, -0.2) is 47.1 Å². The molecule has 1 fully saturated rings. The number of nitrogens with one attached hydrogen (secondary N) is 1. The fourth-order valence-electron chi connectivity index (χ4n) is 3.75. The van der Waals surface area contributed by atoms with Crippen LogP contribution in [0.4, 0.5) is 11.8 Å². The topological polar surface area (TPSA) is 102 Å². The van der Waals surface area contributed by atoms with Crippen molar-refractivity contribution in [2.45, 2.75) is 32.7 Å². The van der Waals surface area contributed by atoms with Gasteiger partial charge in [0.15, 0.2) is 5.82 Å². The van der Waals surface area contributed by atoms with Crippen molar-refractivity contribution >= 4 is 23.7 Å². The van der Waals surface area contributed by atoms with E-state index >= 15 is 0 Å². The number of aromatic nitrogens is 6. The smallest absolute Gasteiger partial charge is 0.247 e. The molecule has 154 valence electrons. The van der Waals surface area contributed by atoms with Crippen LogP contribution >= 0.6 is 0 Å². The second kappa shape index (κ2) is 8.40. The number of carbonyl (C=O) groups excluding carboxylic acids is 1. The minimum Gasteiger partial charge on any atom is -0.330 e. The molecule has 0 bridgehead atoms. The van der Waals surface area contributed by atoms with Gasteiger partial charge in [0.2, 0.25) is 11.9 Å². The normalized spacial score (nSPS) is 16.4. The summed E-state index contributed by atoms with van der Waals surface area (Å²) in [4.78, 5) is 32.2. The van der Waals surface area contributed by atoms with Crippen molar-refractivity contribution in [3.63, 3.8) is 0 Å². The van der Waals surface area contributed by atoms with E-state index in [0.717, 1.165) is 35.5 Å². The highest BCUT2D eigenvalue weighted by molar-refractivity contribution is 5.92. The van der Waals surface area contributed by atoms with E-state index in [4.69, 9.17) is 0 Å². The first kappa shape index (κ1) is 19.7. The summed E-state index contributed by atoms with van der Waals surface area (Å²) in [7, 11) is 1.90. The van der Waals surface area contributed by atoms with Gasteiger partial charge >= 0.3 is 0 Å². The van der Waals surface area contributed by atoms with Gasteiger partial charge in [-0.25, -0.2) is 15.0 Å². The molecule has 9 heteroatoms. The summed E-state index contributed by atoms with van der Waals surface area (Å²) in [6, 6.07) is 1.59. The van der Waals surface area contributed by atoms with Gasteiger partial charge < -0.3 is 10.2 Å². The van der Waals surface area contributed by atoms with E-state index in [2.05, 4.69) is 30.4 Å². The van der Waals surface area contributed by atoms with Gasteiger partial charge in [-0.15, -0.1) is 0 Å². The molecule has 9 nitrogen and oxygen atoms in total. The summed E-state index contributed by atoms with van der Waals surface area (Å²) in [5.74, 6) is 0.960. The Kier molecular flexibility index (Phi) is 5.51. The zero-order valence-corrected chi connectivity index (χ0v) is 17.3. The van der Waals surface area contributed by atoms with Gasteiger partial charge in [0.1, 0.15) is 5.69 Å². The van der Waals surface area contributed by atoms with Crippen LogP contribution in [0.3, 0.4) is 0 Å². The quantitative estimate of drug-likeness (QED) is 0.652. The third-order valence-corrected chi connectivity index (χ3v) is 5.33. The number of anilines is 2. The lowest BCUT2D eigenvalue weighted by Gasteiger charge is -2.24. The molecule has 1 saturated heterocycles. The second-order valence-corrected chi connectivity index (χ2v) is 7.22. The SMILES string of the molecule is Cc1nn(C)c(C)c1/C=C/C(=O)N1CCC[C@H]1c1nccnc1Nc1ncccn1. The van der Waals surface area contributed by atoms with Crippen LogP contribution in [0.15, 0.2) is 36.9 Å². The maximum atomic E-state index is 13.0. The summed E-state index contributed by atoms with van der Waals surface area (Å²) >= 11 is 0. The fourth-order valence-corrected chi connectivity index (χ4v) is 3.75. The number of nitrogens with zero attached hydrogens (tertiary/aromatic N) is 7. The van der Waals surface area contributed by atoms with Gasteiger partial charge in [-0.05, 0) is 38.8 Å². The first-order valence-corrected chi connectivity index (χ1v) is 9.88. The largest absolute Gasteiger partial charge is 0.330 e. The molecule has 0 aromatic carbocycles. The zero-order chi connectivity index (χ0) is 21.1. The van der Waals surface area contributed by atoms with Crippen LogP contribution in [0.1, 0.15) is 41.5 Å². The predicted octanol–water partition coefficient (Wildman–Crippen LogP) is 2.74. The zero-order valence-electron chi connectivity index (χ0n) is 17.3. The predicted molar refractivity (Wildman–Crippen MR) is 113 cm³/mol. The molecule has 0 unspecified atom stereocenters. The van der Waals surface area contributed by atoms with Crippen molar-refractivity contribution in [2.75, 3.05) is 11.9 Å². The number of hydrogen-bond acceptors (Lipinski definition) is 7. The van der Waals surface area contributed by atoms with E-state index in [-0.39, 0.29) is 11.9 Å². The Morgan fingerprint density at radius 1 is 1.13 bits per heavy atom. The third-order valence-electron chi connectivity index (χ3n) is 5.33. The number of hydrogen-bond donors (Lipinski definition) is 1. The molecule has 0 spiro atoms. The van der Waals surface area contributed by atoms with Crippen molar-refractivity contribution in [1.29, 1.82) is 0 Å². The lowest BCUT2D eigenvalue weighted by atomic mass is 10.1. The van der Waals surface area contributed by atoms with Crippen molar-refractivity contribution < 1.29 is 4.79 Å². The van der Waals surface area contributed by atoms with Crippen molar-refractivity contribution in [3.05, 3.63) is 59.6 Å². The lowest BCUT2D eigenvalue weighted by Crippen LogP contribution is -2.30. The molecule has 4 rings (SSSR count). The average molecular weight is 404 g/mol. The number of likely N-dealkylation sites (tertiary alicyclic amines) is 1. The van der Waals surface area contributed by atoms with Gasteiger partial charge in [-0.2, -0.15) is 5.10 Å². The molecule has 1 atom stereocenters. The Morgan fingerprint density at radius 2 is 1.90 bits per heavy atom. The van der Waals surface area contributed by atoms with Gasteiger partial charge in [0, 0.05) is 55.7 Å². The molecule has 0 radical (unpaired) electrons. The first-order valence-electron chi connectivity index (χ1n) is 9.88. The Bertz CT molecular complexity index is 1080. The van der Waals surface area contributed by atoms with E-state index in [0.29, 0.717) is 18.3 Å². The maximum Gasteiger partial charge on any atom is 0.247 e. The van der Waals surface area contributed by atoms with E-state index in [1.807, 2.05) is 36.6 Å². The van der Waals surface area contributed by atoms with Gasteiger partial charge in [-0.3, -0.25) is 14.5 Å². The molecular formula is C21H24N8O. The molecule has 0 saturated carbocycles. The average Bonchev–Trinajstić information content (AvgIpc) is 3.33. The van der Waals surface area contributed by atoms with Crippen molar-refractivity contribution in [1.82, 2.24) is 34.6 Å². The molecule has 1 aliphatic rings. The van der Waals surface area contributed by atoms with Crippen molar-refractivity contribution in [2.24, 2.45) is 7.05 Å². The molecule has 0 aliphatic carbocycles. The molecule has 3 aromatic rings. The van der Waals surface area contributed by atoms with E-state index < -0.39 is 0 Å². The van der Waals surface area contributed by atoms with Gasteiger partial charge in [0.05, 0.1) is 11.7 Å². The van der Waals surface area contributed by atoms with Gasteiger partial charge in [-0.1, -0.05) is 0 Å². The monoisotopic (exact) mass is 404 g/mol. The van der Waals surface area contributed by atoms with Crippen LogP contribution in [0.5, 0.6) is 0 Å². The summed E-state index contributed by atoms with van der Waals surface area (Å²) in [5.41, 5.74) is 3.63. The molecule has 1 N–H and O–H groups in total. The summed E-state index contributed by atoms with van der Waals surface area (Å²) < 4.78 is 1.82. The summed E-state index contributed by atoms with van der Waals surface area (Å²) in [5, 5.41) is 7.52. The first-order chi connectivity index (χ1) is 14.5. The van der Waals surface area contributed by atoms with Crippen LogP contribution in [0, 0.1) is 13.8 Å². The van der Waals surface area contributed by atoms with Crippen LogP contribution < -0.4 is 5.32 Å².